The molecule has 138 valence electrons. The molecule has 1 heterocycles. The number of hydrogen-bond donors (Lipinski definition) is 0. The second kappa shape index (κ2) is 8.23. The normalized spacial score (nSPS) is 10.9. The highest BCUT2D eigenvalue weighted by atomic mass is 32.2. The van der Waals surface area contributed by atoms with Gasteiger partial charge in [-0.1, -0.05) is 84.6 Å². The van der Waals surface area contributed by atoms with Crippen molar-refractivity contribution in [1.29, 1.82) is 0 Å². The zero-order valence-electron chi connectivity index (χ0n) is 15.3. The standard InChI is InChI=1S/C23H19N3OS/c1-2-14-26-22(18-9-4-3-5-10-18)24-25-23(26)28-16-21(27)20-13-12-17-8-6-7-11-19(17)15-20/h2-13,15H,1,14,16H2. The molecular weight excluding hydrogens is 366 g/mol. The zero-order valence-corrected chi connectivity index (χ0v) is 16.1. The van der Waals surface area contributed by atoms with Crippen LogP contribution in [0.4, 0.5) is 0 Å². The van der Waals surface area contributed by atoms with Crippen LogP contribution in [0.25, 0.3) is 22.2 Å². The first-order valence-corrected chi connectivity index (χ1v) is 9.99. The highest BCUT2D eigenvalue weighted by molar-refractivity contribution is 7.99. The summed E-state index contributed by atoms with van der Waals surface area (Å²) in [6.07, 6.45) is 1.81. The van der Waals surface area contributed by atoms with E-state index in [4.69, 9.17) is 0 Å². The second-order valence-corrected chi connectivity index (χ2v) is 7.29. The summed E-state index contributed by atoms with van der Waals surface area (Å²) in [7, 11) is 0. The summed E-state index contributed by atoms with van der Waals surface area (Å²) in [4.78, 5) is 12.7. The summed E-state index contributed by atoms with van der Waals surface area (Å²) in [5.41, 5.74) is 1.70. The Hall–Kier alpha value is -3.18. The number of aromatic nitrogens is 3. The van der Waals surface area contributed by atoms with Gasteiger partial charge < -0.3 is 0 Å². The third-order valence-corrected chi connectivity index (χ3v) is 5.43. The molecule has 3 aromatic carbocycles. The third kappa shape index (κ3) is 3.75. The largest absolute Gasteiger partial charge is 0.298 e. The number of thioether (sulfide) groups is 1. The van der Waals surface area contributed by atoms with Crippen LogP contribution in [0, 0.1) is 0 Å². The van der Waals surface area contributed by atoms with Crippen LogP contribution in [-0.4, -0.2) is 26.3 Å². The van der Waals surface area contributed by atoms with Crippen LogP contribution in [0.5, 0.6) is 0 Å². The van der Waals surface area contributed by atoms with E-state index >= 15 is 0 Å². The van der Waals surface area contributed by atoms with Crippen LogP contribution in [0.1, 0.15) is 10.4 Å². The number of nitrogens with zero attached hydrogens (tertiary/aromatic N) is 3. The number of benzene rings is 3. The molecule has 4 rings (SSSR count). The van der Waals surface area contributed by atoms with Crippen molar-refractivity contribution in [1.82, 2.24) is 14.8 Å². The predicted octanol–water partition coefficient (Wildman–Crippen LogP) is 5.26. The van der Waals surface area contributed by atoms with Crippen LogP contribution in [-0.2, 0) is 6.54 Å². The van der Waals surface area contributed by atoms with Gasteiger partial charge in [0.1, 0.15) is 0 Å². The quantitative estimate of drug-likeness (QED) is 0.247. The molecule has 0 saturated heterocycles. The lowest BCUT2D eigenvalue weighted by atomic mass is 10.1. The third-order valence-electron chi connectivity index (χ3n) is 4.46. The van der Waals surface area contributed by atoms with Gasteiger partial charge in [0, 0.05) is 17.7 Å². The molecule has 0 aliphatic heterocycles. The summed E-state index contributed by atoms with van der Waals surface area (Å²) in [6, 6.07) is 23.8. The van der Waals surface area contributed by atoms with Crippen molar-refractivity contribution in [2.75, 3.05) is 5.75 Å². The zero-order chi connectivity index (χ0) is 19.3. The van der Waals surface area contributed by atoms with Crippen LogP contribution in [0.15, 0.2) is 90.6 Å². The van der Waals surface area contributed by atoms with E-state index in [2.05, 4.69) is 16.8 Å². The second-order valence-electron chi connectivity index (χ2n) is 6.35. The van der Waals surface area contributed by atoms with E-state index in [1.54, 1.807) is 0 Å². The van der Waals surface area contributed by atoms with Gasteiger partial charge in [0.25, 0.3) is 0 Å². The van der Waals surface area contributed by atoms with Gasteiger partial charge in [-0.05, 0) is 16.8 Å². The van der Waals surface area contributed by atoms with Gasteiger partial charge in [-0.25, -0.2) is 0 Å². The lowest BCUT2D eigenvalue weighted by molar-refractivity contribution is 0.102. The molecular formula is C23H19N3OS. The summed E-state index contributed by atoms with van der Waals surface area (Å²) in [5.74, 6) is 1.16. The van der Waals surface area contributed by atoms with Gasteiger partial charge in [-0.15, -0.1) is 16.8 Å². The lowest BCUT2D eigenvalue weighted by Gasteiger charge is -2.08. The summed E-state index contributed by atoms with van der Waals surface area (Å²) in [6.45, 7) is 4.42. The molecule has 0 bridgehead atoms. The molecule has 4 nitrogen and oxygen atoms in total. The van der Waals surface area contributed by atoms with Gasteiger partial charge in [0.15, 0.2) is 16.8 Å². The highest BCUT2D eigenvalue weighted by Crippen LogP contribution is 2.25. The Kier molecular flexibility index (Phi) is 5.35. The van der Waals surface area contributed by atoms with Gasteiger partial charge in [-0.2, -0.15) is 0 Å². The number of ketones is 1. The lowest BCUT2D eigenvalue weighted by Crippen LogP contribution is -2.05. The molecule has 0 radical (unpaired) electrons. The number of hydrogen-bond acceptors (Lipinski definition) is 4. The Morgan fingerprint density at radius 3 is 2.50 bits per heavy atom. The van der Waals surface area contributed by atoms with E-state index in [1.807, 2.05) is 83.4 Å². The fraction of sp³-hybridized carbons (Fsp3) is 0.0870. The summed E-state index contributed by atoms with van der Waals surface area (Å²) < 4.78 is 1.99. The fourth-order valence-electron chi connectivity index (χ4n) is 3.07. The Morgan fingerprint density at radius 2 is 1.71 bits per heavy atom. The Morgan fingerprint density at radius 1 is 0.964 bits per heavy atom. The van der Waals surface area contributed by atoms with Crippen molar-refractivity contribution in [2.45, 2.75) is 11.7 Å². The molecule has 5 heteroatoms. The number of rotatable bonds is 7. The van der Waals surface area contributed by atoms with E-state index < -0.39 is 0 Å². The van der Waals surface area contributed by atoms with Gasteiger partial charge >= 0.3 is 0 Å². The fourth-order valence-corrected chi connectivity index (χ4v) is 3.91. The van der Waals surface area contributed by atoms with Crippen molar-refractivity contribution in [3.05, 3.63) is 91.0 Å². The smallest absolute Gasteiger partial charge is 0.192 e. The summed E-state index contributed by atoms with van der Waals surface area (Å²) in [5, 5.41) is 11.5. The van der Waals surface area contributed by atoms with Crippen molar-refractivity contribution in [3.8, 4) is 11.4 Å². The Labute approximate surface area is 167 Å². The molecule has 4 aromatic rings. The molecule has 0 spiro atoms. The van der Waals surface area contributed by atoms with Crippen LogP contribution in [0.3, 0.4) is 0 Å². The Bertz CT molecular complexity index is 1140. The van der Waals surface area contributed by atoms with Gasteiger partial charge in [-0.3, -0.25) is 9.36 Å². The average Bonchev–Trinajstić information content (AvgIpc) is 3.15. The van der Waals surface area contributed by atoms with Crippen molar-refractivity contribution in [3.63, 3.8) is 0 Å². The monoisotopic (exact) mass is 385 g/mol. The number of carbonyl (C=O) groups is 1. The molecule has 0 aliphatic carbocycles. The molecule has 0 saturated carbocycles. The first-order chi connectivity index (χ1) is 13.8. The SMILES string of the molecule is C=CCn1c(SCC(=O)c2ccc3ccccc3c2)nnc1-c1ccccc1. The number of carbonyl (C=O) groups excluding carboxylic acids is 1. The van der Waals surface area contributed by atoms with E-state index in [9.17, 15) is 4.79 Å². The minimum absolute atomic E-state index is 0.0742. The topological polar surface area (TPSA) is 47.8 Å². The van der Waals surface area contributed by atoms with Crippen molar-refractivity contribution < 1.29 is 4.79 Å². The number of Topliss-reactive ketones (excluding diaryl/α,β-unsaturated/α-hetero) is 1. The molecule has 0 atom stereocenters. The maximum Gasteiger partial charge on any atom is 0.192 e. The first-order valence-electron chi connectivity index (χ1n) is 9.00. The number of allylic oxidation sites excluding steroid dienone is 1. The van der Waals surface area contributed by atoms with Crippen molar-refractivity contribution >= 4 is 28.3 Å². The van der Waals surface area contributed by atoms with Crippen LogP contribution < -0.4 is 0 Å². The molecule has 0 unspecified atom stereocenters. The average molecular weight is 385 g/mol. The van der Waals surface area contributed by atoms with Crippen LogP contribution >= 0.6 is 11.8 Å². The van der Waals surface area contributed by atoms with Gasteiger partial charge in [0.05, 0.1) is 5.75 Å². The first kappa shape index (κ1) is 18.2. The predicted molar refractivity (Wildman–Crippen MR) is 115 cm³/mol. The molecule has 0 N–H and O–H groups in total. The van der Waals surface area contributed by atoms with Gasteiger partial charge in [0.2, 0.25) is 0 Å². The maximum absolute atomic E-state index is 12.7. The molecule has 0 aliphatic rings. The minimum atomic E-state index is 0.0742. The molecule has 0 fully saturated rings. The van der Waals surface area contributed by atoms with Crippen LogP contribution in [0.2, 0.25) is 0 Å². The molecule has 28 heavy (non-hydrogen) atoms. The Balaban J connectivity index is 1.54. The maximum atomic E-state index is 12.7. The van der Waals surface area contributed by atoms with E-state index in [0.29, 0.717) is 23.0 Å². The van der Waals surface area contributed by atoms with E-state index in [-0.39, 0.29) is 5.78 Å². The molecule has 0 amide bonds. The summed E-state index contributed by atoms with van der Waals surface area (Å²) >= 11 is 1.40. The van der Waals surface area contributed by atoms with Crippen molar-refractivity contribution in [2.24, 2.45) is 0 Å². The number of fused-ring (bicyclic) bond motifs is 1. The highest BCUT2D eigenvalue weighted by Gasteiger charge is 2.15. The van der Waals surface area contributed by atoms with E-state index in [0.717, 1.165) is 22.2 Å². The minimum Gasteiger partial charge on any atom is -0.298 e. The van der Waals surface area contributed by atoms with E-state index in [1.165, 1.54) is 11.8 Å². The molecule has 1 aromatic heterocycles.